The number of carbonyl (C=O) groups is 1. The van der Waals surface area contributed by atoms with Crippen LogP contribution in [0.15, 0.2) is 18.2 Å². The molecule has 6 nitrogen and oxygen atoms in total. The van der Waals surface area contributed by atoms with Crippen LogP contribution in [0.3, 0.4) is 0 Å². The summed E-state index contributed by atoms with van der Waals surface area (Å²) in [6.07, 6.45) is -0.256. The van der Waals surface area contributed by atoms with Crippen molar-refractivity contribution < 1.29 is 14.3 Å². The minimum Gasteiger partial charge on any atom is -0.495 e. The van der Waals surface area contributed by atoms with Crippen molar-refractivity contribution in [2.24, 2.45) is 0 Å². The van der Waals surface area contributed by atoms with Crippen LogP contribution in [0.1, 0.15) is 27.7 Å². The summed E-state index contributed by atoms with van der Waals surface area (Å²) in [4.78, 5) is 16.3. The number of hydrogen-bond acceptors (Lipinski definition) is 5. The molecule has 2 N–H and O–H groups in total. The van der Waals surface area contributed by atoms with E-state index in [4.69, 9.17) is 15.2 Å². The van der Waals surface area contributed by atoms with E-state index < -0.39 is 5.60 Å². The van der Waals surface area contributed by atoms with Crippen LogP contribution in [0.2, 0.25) is 0 Å². The number of nitrogen functional groups attached to an aromatic ring is 1. The van der Waals surface area contributed by atoms with Gasteiger partial charge in [-0.3, -0.25) is 0 Å². The summed E-state index contributed by atoms with van der Waals surface area (Å²) in [7, 11) is 1.64. The van der Waals surface area contributed by atoms with Crippen molar-refractivity contribution in [1.82, 2.24) is 4.90 Å². The largest absolute Gasteiger partial charge is 0.495 e. The molecule has 1 amide bonds. The Labute approximate surface area is 138 Å². The zero-order valence-corrected chi connectivity index (χ0v) is 14.6. The predicted octanol–water partition coefficient (Wildman–Crippen LogP) is 2.72. The number of benzene rings is 1. The molecule has 128 valence electrons. The van der Waals surface area contributed by atoms with Gasteiger partial charge in [-0.05, 0) is 39.8 Å². The molecular formula is C17H27N3O3. The van der Waals surface area contributed by atoms with Gasteiger partial charge in [0.25, 0.3) is 0 Å². The highest BCUT2D eigenvalue weighted by Crippen LogP contribution is 2.32. The molecule has 2 rings (SSSR count). The quantitative estimate of drug-likeness (QED) is 0.848. The topological polar surface area (TPSA) is 68.0 Å². The first-order chi connectivity index (χ1) is 10.7. The molecule has 1 saturated heterocycles. The van der Waals surface area contributed by atoms with Gasteiger partial charge in [0, 0.05) is 37.4 Å². The van der Waals surface area contributed by atoms with Gasteiger partial charge in [-0.25, -0.2) is 4.79 Å². The van der Waals surface area contributed by atoms with Crippen molar-refractivity contribution in [3.05, 3.63) is 18.2 Å². The highest BCUT2D eigenvalue weighted by molar-refractivity contribution is 5.70. The average Bonchev–Trinajstić information content (AvgIpc) is 2.44. The van der Waals surface area contributed by atoms with Gasteiger partial charge in [0.2, 0.25) is 0 Å². The van der Waals surface area contributed by atoms with Gasteiger partial charge in [0.05, 0.1) is 12.8 Å². The smallest absolute Gasteiger partial charge is 0.410 e. The van der Waals surface area contributed by atoms with Crippen molar-refractivity contribution in [1.29, 1.82) is 0 Å². The molecule has 0 saturated carbocycles. The van der Waals surface area contributed by atoms with Gasteiger partial charge in [-0.2, -0.15) is 0 Å². The number of nitrogens with two attached hydrogens (primary N) is 1. The highest BCUT2D eigenvalue weighted by atomic mass is 16.6. The van der Waals surface area contributed by atoms with Crippen LogP contribution in [0.4, 0.5) is 16.2 Å². The molecule has 1 atom stereocenters. The molecule has 0 aromatic heterocycles. The van der Waals surface area contributed by atoms with E-state index in [-0.39, 0.29) is 12.1 Å². The van der Waals surface area contributed by atoms with E-state index in [1.807, 2.05) is 45.9 Å². The van der Waals surface area contributed by atoms with Crippen LogP contribution in [0.25, 0.3) is 0 Å². The lowest BCUT2D eigenvalue weighted by atomic mass is 10.1. The molecule has 0 aliphatic carbocycles. The predicted molar refractivity (Wildman–Crippen MR) is 92.0 cm³/mol. The maximum atomic E-state index is 12.3. The number of rotatable bonds is 2. The summed E-state index contributed by atoms with van der Waals surface area (Å²) in [6.45, 7) is 9.73. The van der Waals surface area contributed by atoms with Crippen LogP contribution in [-0.2, 0) is 4.74 Å². The van der Waals surface area contributed by atoms with Gasteiger partial charge < -0.3 is 25.0 Å². The fourth-order valence-corrected chi connectivity index (χ4v) is 2.72. The van der Waals surface area contributed by atoms with E-state index in [9.17, 15) is 4.79 Å². The van der Waals surface area contributed by atoms with Gasteiger partial charge in [-0.1, -0.05) is 0 Å². The molecule has 1 aliphatic rings. The number of ether oxygens (including phenoxy) is 2. The first-order valence-electron chi connectivity index (χ1n) is 7.89. The van der Waals surface area contributed by atoms with Crippen molar-refractivity contribution >= 4 is 17.5 Å². The summed E-state index contributed by atoms with van der Waals surface area (Å²) in [5, 5.41) is 0. The average molecular weight is 321 g/mol. The number of nitrogens with zero attached hydrogens (tertiary/aromatic N) is 2. The van der Waals surface area contributed by atoms with Gasteiger partial charge in [0.1, 0.15) is 11.4 Å². The number of carbonyl (C=O) groups excluding carboxylic acids is 1. The normalized spacial score (nSPS) is 18.7. The molecule has 6 heteroatoms. The first kappa shape index (κ1) is 17.2. The summed E-state index contributed by atoms with van der Waals surface area (Å²) >= 11 is 0. The summed E-state index contributed by atoms with van der Waals surface area (Å²) < 4.78 is 10.9. The van der Waals surface area contributed by atoms with Crippen molar-refractivity contribution in [3.8, 4) is 5.75 Å². The molecule has 0 bridgehead atoms. The zero-order chi connectivity index (χ0) is 17.2. The maximum absolute atomic E-state index is 12.3. The fraction of sp³-hybridized carbons (Fsp3) is 0.588. The summed E-state index contributed by atoms with van der Waals surface area (Å²) in [5.41, 5.74) is 7.00. The minimum atomic E-state index is -0.478. The van der Waals surface area contributed by atoms with E-state index in [1.54, 1.807) is 12.0 Å². The Morgan fingerprint density at radius 2 is 2.00 bits per heavy atom. The molecule has 1 heterocycles. The Kier molecular flexibility index (Phi) is 4.92. The Hall–Kier alpha value is -2.11. The van der Waals surface area contributed by atoms with E-state index in [1.165, 1.54) is 0 Å². The number of piperazine rings is 1. The van der Waals surface area contributed by atoms with E-state index in [0.717, 1.165) is 24.5 Å². The van der Waals surface area contributed by atoms with E-state index in [0.29, 0.717) is 12.2 Å². The zero-order valence-electron chi connectivity index (χ0n) is 14.6. The second-order valence-electron chi connectivity index (χ2n) is 6.90. The molecule has 1 aromatic rings. The van der Waals surface area contributed by atoms with Crippen LogP contribution in [-0.4, -0.2) is 49.4 Å². The second-order valence-corrected chi connectivity index (χ2v) is 6.90. The highest BCUT2D eigenvalue weighted by Gasteiger charge is 2.31. The van der Waals surface area contributed by atoms with Gasteiger partial charge in [-0.15, -0.1) is 0 Å². The molecule has 1 aromatic carbocycles. The molecule has 1 fully saturated rings. The van der Waals surface area contributed by atoms with Crippen molar-refractivity contribution in [2.75, 3.05) is 37.4 Å². The second kappa shape index (κ2) is 6.56. The number of hydrogen-bond donors (Lipinski definition) is 1. The van der Waals surface area contributed by atoms with Gasteiger partial charge in [0.15, 0.2) is 0 Å². The number of amides is 1. The lowest BCUT2D eigenvalue weighted by Gasteiger charge is -2.41. The Morgan fingerprint density at radius 3 is 2.57 bits per heavy atom. The maximum Gasteiger partial charge on any atom is 0.410 e. The molecule has 0 unspecified atom stereocenters. The van der Waals surface area contributed by atoms with Crippen LogP contribution in [0.5, 0.6) is 5.75 Å². The number of methoxy groups -OCH3 is 1. The fourth-order valence-electron chi connectivity index (χ4n) is 2.72. The van der Waals surface area contributed by atoms with E-state index >= 15 is 0 Å². The molecule has 0 radical (unpaired) electrons. The standard InChI is InChI=1S/C17H27N3O3/c1-12-11-19(14-7-6-13(18)10-15(14)22-5)8-9-20(12)16(21)23-17(2,3)4/h6-7,10,12H,8-9,11,18H2,1-5H3/t12-/m1/s1. The Morgan fingerprint density at radius 1 is 1.30 bits per heavy atom. The van der Waals surface area contributed by atoms with Crippen molar-refractivity contribution in [2.45, 2.75) is 39.3 Å². The van der Waals surface area contributed by atoms with Crippen LogP contribution in [0, 0.1) is 0 Å². The lowest BCUT2D eigenvalue weighted by molar-refractivity contribution is 0.0159. The third kappa shape index (κ3) is 4.21. The number of anilines is 2. The minimum absolute atomic E-state index is 0.0564. The van der Waals surface area contributed by atoms with Crippen LogP contribution >= 0.6 is 0 Å². The molecular weight excluding hydrogens is 294 g/mol. The molecule has 1 aliphatic heterocycles. The molecule has 23 heavy (non-hydrogen) atoms. The van der Waals surface area contributed by atoms with Crippen LogP contribution < -0.4 is 15.4 Å². The summed E-state index contributed by atoms with van der Waals surface area (Å²) in [5.74, 6) is 0.753. The Bertz CT molecular complexity index is 569. The lowest BCUT2D eigenvalue weighted by Crippen LogP contribution is -2.55. The third-order valence-electron chi connectivity index (χ3n) is 3.80. The first-order valence-corrected chi connectivity index (χ1v) is 7.89. The Balaban J connectivity index is 2.08. The summed E-state index contributed by atoms with van der Waals surface area (Å²) in [6, 6.07) is 5.70. The van der Waals surface area contributed by atoms with Crippen molar-refractivity contribution in [3.63, 3.8) is 0 Å². The third-order valence-corrected chi connectivity index (χ3v) is 3.80. The van der Waals surface area contributed by atoms with E-state index in [2.05, 4.69) is 4.90 Å². The monoisotopic (exact) mass is 321 g/mol. The van der Waals surface area contributed by atoms with Gasteiger partial charge >= 0.3 is 6.09 Å². The SMILES string of the molecule is COc1cc(N)ccc1N1CCN(C(=O)OC(C)(C)C)[C@H](C)C1. The molecule has 0 spiro atoms.